The Hall–Kier alpha value is -2.96. The largest absolute Gasteiger partial charge is 0.459 e. The van der Waals surface area contributed by atoms with Gasteiger partial charge < -0.3 is 21.5 Å². The molecule has 0 saturated heterocycles. The average molecular weight is 485 g/mol. The van der Waals surface area contributed by atoms with Crippen LogP contribution >= 0.6 is 11.8 Å². The van der Waals surface area contributed by atoms with Crippen molar-refractivity contribution >= 4 is 56.1 Å². The Labute approximate surface area is 190 Å². The molecule has 2 rings (SSSR count). The predicted molar refractivity (Wildman–Crippen MR) is 121 cm³/mol. The number of guanidine groups is 1. The number of rotatable bonds is 8. The summed E-state index contributed by atoms with van der Waals surface area (Å²) in [5.74, 6) is -1.55. The molecular weight excluding hydrogens is 460 g/mol. The molecule has 1 heterocycles. The Morgan fingerprint density at radius 3 is 2.53 bits per heavy atom. The van der Waals surface area contributed by atoms with Gasteiger partial charge in [-0.1, -0.05) is 6.07 Å². The molecule has 1 atom stereocenters. The maximum absolute atomic E-state index is 13.0. The number of carbonyl (C=O) groups excluding carboxylic acids is 2. The third kappa shape index (κ3) is 7.04. The number of amides is 1. The zero-order chi connectivity index (χ0) is 24.1. The van der Waals surface area contributed by atoms with Crippen LogP contribution in [0, 0.1) is 0 Å². The zero-order valence-electron chi connectivity index (χ0n) is 17.8. The molecular formula is C19H25ClN6O5S. The lowest BCUT2D eigenvalue weighted by Gasteiger charge is -2.24. The number of halogens is 1. The maximum Gasteiger partial charge on any atom is 0.324 e. The molecule has 2 aromatic rings. The van der Waals surface area contributed by atoms with Crippen LogP contribution in [-0.2, 0) is 24.3 Å². The van der Waals surface area contributed by atoms with E-state index in [0.29, 0.717) is 16.5 Å². The van der Waals surface area contributed by atoms with E-state index in [1.807, 2.05) is 0 Å². The molecule has 0 aliphatic rings. The summed E-state index contributed by atoms with van der Waals surface area (Å²) >= 11 is 5.32. The monoisotopic (exact) mass is 484 g/mol. The van der Waals surface area contributed by atoms with Crippen molar-refractivity contribution in [3.63, 3.8) is 0 Å². The summed E-state index contributed by atoms with van der Waals surface area (Å²) < 4.78 is 36.8. The van der Waals surface area contributed by atoms with Gasteiger partial charge in [0.05, 0.1) is 16.8 Å². The smallest absolute Gasteiger partial charge is 0.324 e. The van der Waals surface area contributed by atoms with Crippen LogP contribution in [0.2, 0.25) is 0 Å². The van der Waals surface area contributed by atoms with E-state index in [-0.39, 0.29) is 23.7 Å². The normalized spacial score (nSPS) is 13.6. The Morgan fingerprint density at radius 1 is 1.25 bits per heavy atom. The maximum atomic E-state index is 13.0. The molecule has 1 amide bonds. The predicted octanol–water partition coefficient (Wildman–Crippen LogP) is 1.37. The van der Waals surface area contributed by atoms with Crippen molar-refractivity contribution in [1.82, 2.24) is 9.71 Å². The van der Waals surface area contributed by atoms with Gasteiger partial charge in [-0.25, -0.2) is 8.42 Å². The van der Waals surface area contributed by atoms with E-state index in [1.54, 1.807) is 26.8 Å². The quantitative estimate of drug-likeness (QED) is 0.246. The van der Waals surface area contributed by atoms with Crippen molar-refractivity contribution in [2.75, 3.05) is 5.32 Å². The molecule has 0 spiro atoms. The highest BCUT2D eigenvalue weighted by atomic mass is 35.5. The standard InChI is InChI=1S/C19H25ClN6O5S/c1-19(2,3)31-17(28)14(6-7-16(21)27)26-32(29,30)12-4-5-13-11(8-12)9-23-10-15(13)24-18(22)25-20/h4-5,8-10,14,26H,6-7H2,1-3H3,(H2,21,27)(H3,22,24,25)/t14-/m0/s1. The average Bonchev–Trinajstić information content (AvgIpc) is 2.69. The van der Waals surface area contributed by atoms with Crippen molar-refractivity contribution in [3.8, 4) is 0 Å². The number of benzene rings is 1. The molecule has 0 radical (unpaired) electrons. The van der Waals surface area contributed by atoms with Gasteiger partial charge in [0.15, 0.2) is 0 Å². The number of carbonyl (C=O) groups is 2. The van der Waals surface area contributed by atoms with Gasteiger partial charge in [-0.3, -0.25) is 14.6 Å². The first-order chi connectivity index (χ1) is 14.8. The van der Waals surface area contributed by atoms with E-state index in [1.165, 1.54) is 24.5 Å². The van der Waals surface area contributed by atoms with E-state index in [0.717, 1.165) is 0 Å². The number of fused-ring (bicyclic) bond motifs is 1. The van der Waals surface area contributed by atoms with Gasteiger partial charge in [0.25, 0.3) is 0 Å². The first kappa shape index (κ1) is 25.3. The summed E-state index contributed by atoms with van der Waals surface area (Å²) in [6, 6.07) is 2.98. The second-order valence-electron chi connectivity index (χ2n) is 7.88. The number of anilines is 1. The molecule has 11 nitrogen and oxygen atoms in total. The van der Waals surface area contributed by atoms with E-state index in [2.05, 4.69) is 19.5 Å². The summed E-state index contributed by atoms with van der Waals surface area (Å²) in [6.45, 7) is 4.94. The topological polar surface area (TPSA) is 179 Å². The Balaban J connectivity index is 2.36. The van der Waals surface area contributed by atoms with Gasteiger partial charge in [-0.15, -0.1) is 4.51 Å². The van der Waals surface area contributed by atoms with Crippen molar-refractivity contribution in [2.24, 2.45) is 16.0 Å². The molecule has 1 aromatic carbocycles. The van der Waals surface area contributed by atoms with Crippen LogP contribution in [0.3, 0.4) is 0 Å². The lowest BCUT2D eigenvalue weighted by atomic mass is 10.1. The lowest BCUT2D eigenvalue weighted by molar-refractivity contribution is -0.157. The molecule has 6 N–H and O–H groups in total. The minimum atomic E-state index is -4.16. The van der Waals surface area contributed by atoms with Crippen LogP contribution < -0.4 is 21.5 Å². The molecule has 32 heavy (non-hydrogen) atoms. The summed E-state index contributed by atoms with van der Waals surface area (Å²) in [5.41, 5.74) is 10.3. The Kier molecular flexibility index (Phi) is 7.99. The fourth-order valence-electron chi connectivity index (χ4n) is 2.72. The van der Waals surface area contributed by atoms with Crippen LogP contribution in [0.4, 0.5) is 5.69 Å². The molecule has 13 heteroatoms. The number of nitrogens with zero attached hydrogens (tertiary/aromatic N) is 2. The number of hydrogen-bond acceptors (Lipinski definition) is 7. The van der Waals surface area contributed by atoms with Crippen molar-refractivity contribution in [1.29, 1.82) is 0 Å². The zero-order valence-corrected chi connectivity index (χ0v) is 19.3. The van der Waals surface area contributed by atoms with Crippen LogP contribution in [-0.4, -0.2) is 42.9 Å². The fraction of sp³-hybridized carbons (Fsp3) is 0.368. The van der Waals surface area contributed by atoms with Gasteiger partial charge in [-0.05, 0) is 39.3 Å². The first-order valence-corrected chi connectivity index (χ1v) is 11.3. The van der Waals surface area contributed by atoms with Gasteiger partial charge in [0.1, 0.15) is 11.6 Å². The van der Waals surface area contributed by atoms with Crippen LogP contribution in [0.25, 0.3) is 10.8 Å². The third-order valence-corrected chi connectivity index (χ3v) is 5.71. The van der Waals surface area contributed by atoms with Gasteiger partial charge >= 0.3 is 5.97 Å². The molecule has 0 unspecified atom stereocenters. The summed E-state index contributed by atoms with van der Waals surface area (Å²) in [7, 11) is -4.16. The third-order valence-electron chi connectivity index (χ3n) is 4.06. The minimum absolute atomic E-state index is 0.0611. The second-order valence-corrected chi connectivity index (χ2v) is 9.76. The summed E-state index contributed by atoms with van der Waals surface area (Å²) in [4.78, 5) is 27.6. The number of nitrogens with one attached hydrogen (secondary N) is 2. The molecule has 0 aliphatic heterocycles. The summed E-state index contributed by atoms with van der Waals surface area (Å²) in [5, 5.41) is 3.84. The first-order valence-electron chi connectivity index (χ1n) is 9.45. The van der Waals surface area contributed by atoms with Crippen molar-refractivity contribution in [3.05, 3.63) is 30.6 Å². The van der Waals surface area contributed by atoms with E-state index in [4.69, 9.17) is 28.0 Å². The number of ether oxygens (including phenoxy) is 1. The summed E-state index contributed by atoms with van der Waals surface area (Å²) in [6.07, 6.45) is 2.59. The highest BCUT2D eigenvalue weighted by molar-refractivity contribution is 7.89. The van der Waals surface area contributed by atoms with Gasteiger partial charge in [0, 0.05) is 35.2 Å². The van der Waals surface area contributed by atoms with Crippen molar-refractivity contribution in [2.45, 2.75) is 50.2 Å². The number of pyridine rings is 1. The number of esters is 1. The second kappa shape index (κ2) is 10.1. The highest BCUT2D eigenvalue weighted by Gasteiger charge is 2.30. The number of hydrogen-bond donors (Lipinski definition) is 4. The molecule has 0 saturated carbocycles. The number of aromatic nitrogens is 1. The Morgan fingerprint density at radius 2 is 1.94 bits per heavy atom. The molecule has 0 fully saturated rings. The van der Waals surface area contributed by atoms with E-state index >= 15 is 0 Å². The molecule has 0 aliphatic carbocycles. The van der Waals surface area contributed by atoms with Crippen LogP contribution in [0.15, 0.2) is 40.0 Å². The lowest BCUT2D eigenvalue weighted by Crippen LogP contribution is -2.44. The van der Waals surface area contributed by atoms with Crippen molar-refractivity contribution < 1.29 is 22.7 Å². The minimum Gasteiger partial charge on any atom is -0.459 e. The number of primary amides is 1. The molecule has 0 bridgehead atoms. The fourth-order valence-corrected chi connectivity index (χ4v) is 4.02. The van der Waals surface area contributed by atoms with E-state index in [9.17, 15) is 18.0 Å². The number of nitrogens with two attached hydrogens (primary N) is 2. The van der Waals surface area contributed by atoms with Gasteiger partial charge in [0.2, 0.25) is 21.9 Å². The molecule has 174 valence electrons. The Bertz CT molecular complexity index is 1150. The number of sulfonamides is 1. The van der Waals surface area contributed by atoms with E-state index < -0.39 is 33.5 Å². The SMILES string of the molecule is CC(C)(C)OC(=O)[C@H](CCC(N)=O)NS(=O)(=O)c1ccc2c(NC(N)=NCl)cncc2c1. The van der Waals surface area contributed by atoms with Gasteiger partial charge in [-0.2, -0.15) is 4.72 Å². The highest BCUT2D eigenvalue weighted by Crippen LogP contribution is 2.25. The molecule has 1 aromatic heterocycles. The van der Waals surface area contributed by atoms with Crippen LogP contribution in [0.1, 0.15) is 33.6 Å². The van der Waals surface area contributed by atoms with Crippen LogP contribution in [0.5, 0.6) is 0 Å².